The number of nitrogens with two attached hydrogens (primary N) is 1. The highest BCUT2D eigenvalue weighted by Gasteiger charge is 2.70. The number of hydrogen-bond donors (Lipinski definition) is 1. The van der Waals surface area contributed by atoms with Gasteiger partial charge in [-0.25, -0.2) is 4.99 Å². The molecular weight excluding hydrogens is 394 g/mol. The van der Waals surface area contributed by atoms with Crippen molar-refractivity contribution in [2.24, 2.45) is 21.1 Å². The molecule has 3 aliphatic heterocycles. The van der Waals surface area contributed by atoms with Crippen LogP contribution in [0.4, 0.5) is 0 Å². The molecule has 0 bridgehead atoms. The van der Waals surface area contributed by atoms with Crippen molar-refractivity contribution in [3.8, 4) is 5.75 Å². The van der Waals surface area contributed by atoms with E-state index in [1.165, 1.54) is 0 Å². The Kier molecular flexibility index (Phi) is 5.58. The highest BCUT2D eigenvalue weighted by molar-refractivity contribution is 8.14. The predicted octanol–water partition coefficient (Wildman–Crippen LogP) is 4.92. The van der Waals surface area contributed by atoms with Gasteiger partial charge in [-0.15, -0.1) is 0 Å². The number of allylic oxidation sites excluding steroid dienone is 3. The van der Waals surface area contributed by atoms with Crippen LogP contribution in [-0.4, -0.2) is 35.9 Å². The van der Waals surface area contributed by atoms with E-state index in [0.717, 1.165) is 41.0 Å². The smallest absolute Gasteiger partial charge is 0.154 e. The summed E-state index contributed by atoms with van der Waals surface area (Å²) in [4.78, 5) is 9.52. The zero-order chi connectivity index (χ0) is 21.4. The Hall–Kier alpha value is -2.05. The van der Waals surface area contributed by atoms with Gasteiger partial charge >= 0.3 is 0 Å². The zero-order valence-corrected chi connectivity index (χ0v) is 19.1. The minimum Gasteiger partial charge on any atom is -0.487 e. The van der Waals surface area contributed by atoms with E-state index in [1.54, 1.807) is 11.8 Å². The lowest BCUT2D eigenvalue weighted by molar-refractivity contribution is -0.240. The second-order valence-corrected chi connectivity index (χ2v) is 9.69. The number of fused-ring (bicyclic) bond motifs is 3. The maximum absolute atomic E-state index is 6.53. The molecule has 1 atom stereocenters. The number of nitrogens with zero attached hydrogens (tertiary/aromatic N) is 2. The third kappa shape index (κ3) is 3.12. The summed E-state index contributed by atoms with van der Waals surface area (Å²) < 4.78 is 12.3. The van der Waals surface area contributed by atoms with Crippen molar-refractivity contribution < 1.29 is 9.47 Å². The van der Waals surface area contributed by atoms with E-state index in [1.807, 2.05) is 19.3 Å². The first-order valence-corrected chi connectivity index (χ1v) is 11.6. The second kappa shape index (κ2) is 7.89. The van der Waals surface area contributed by atoms with Crippen molar-refractivity contribution in [3.63, 3.8) is 0 Å². The fourth-order valence-corrected chi connectivity index (χ4v) is 5.77. The van der Waals surface area contributed by atoms with Gasteiger partial charge < -0.3 is 15.2 Å². The molecule has 0 radical (unpaired) electrons. The molecule has 1 aromatic rings. The fourth-order valence-electron chi connectivity index (χ4n) is 4.70. The molecular formula is C24H31N3O2S. The largest absolute Gasteiger partial charge is 0.487 e. The summed E-state index contributed by atoms with van der Waals surface area (Å²) >= 11 is 1.63. The lowest BCUT2D eigenvalue weighted by Gasteiger charge is -2.62. The van der Waals surface area contributed by atoms with Crippen LogP contribution < -0.4 is 10.5 Å². The number of unbranched alkanes of at least 4 members (excludes halogenated alkanes) is 1. The highest BCUT2D eigenvalue weighted by Crippen LogP contribution is 2.63. The predicted molar refractivity (Wildman–Crippen MR) is 126 cm³/mol. The molecule has 0 aromatic heterocycles. The molecule has 1 saturated heterocycles. The molecule has 4 rings (SSSR count). The van der Waals surface area contributed by atoms with E-state index in [-0.39, 0.29) is 5.41 Å². The van der Waals surface area contributed by atoms with Crippen molar-refractivity contribution in [2.45, 2.75) is 51.7 Å². The molecule has 0 amide bonds. The van der Waals surface area contributed by atoms with Crippen LogP contribution in [0.2, 0.25) is 0 Å². The fraction of sp³-hybridized carbons (Fsp3) is 0.500. The Morgan fingerprint density at radius 3 is 2.73 bits per heavy atom. The molecule has 6 heteroatoms. The molecule has 1 unspecified atom stereocenters. The summed E-state index contributed by atoms with van der Waals surface area (Å²) in [5.41, 5.74) is 8.41. The van der Waals surface area contributed by atoms with E-state index >= 15 is 0 Å². The Balaban J connectivity index is 1.78. The molecule has 1 aromatic carbocycles. The van der Waals surface area contributed by atoms with E-state index in [0.29, 0.717) is 18.4 Å². The van der Waals surface area contributed by atoms with E-state index in [2.05, 4.69) is 56.1 Å². The number of benzene rings is 1. The second-order valence-electron chi connectivity index (χ2n) is 8.69. The van der Waals surface area contributed by atoms with Crippen LogP contribution >= 0.6 is 11.8 Å². The summed E-state index contributed by atoms with van der Waals surface area (Å²) in [5, 5.41) is 0.643. The third-order valence-electron chi connectivity index (χ3n) is 6.67. The van der Waals surface area contributed by atoms with Gasteiger partial charge in [-0.1, -0.05) is 43.3 Å². The Morgan fingerprint density at radius 2 is 2.13 bits per heavy atom. The van der Waals surface area contributed by atoms with Gasteiger partial charge in [0, 0.05) is 23.7 Å². The maximum atomic E-state index is 6.53. The summed E-state index contributed by atoms with van der Waals surface area (Å²) in [5.74, 6) is 1.69. The van der Waals surface area contributed by atoms with E-state index in [9.17, 15) is 0 Å². The minimum atomic E-state index is -0.440. The van der Waals surface area contributed by atoms with E-state index in [4.69, 9.17) is 20.2 Å². The summed E-state index contributed by atoms with van der Waals surface area (Å²) in [6.45, 7) is 9.75. The van der Waals surface area contributed by atoms with Crippen LogP contribution in [0.1, 0.15) is 51.7 Å². The molecule has 0 saturated carbocycles. The van der Waals surface area contributed by atoms with Crippen LogP contribution in [0.5, 0.6) is 5.75 Å². The van der Waals surface area contributed by atoms with E-state index < -0.39 is 11.1 Å². The van der Waals surface area contributed by atoms with Crippen molar-refractivity contribution in [2.75, 3.05) is 19.0 Å². The average Bonchev–Trinajstić information content (AvgIpc) is 3.05. The lowest BCUT2D eigenvalue weighted by Crippen LogP contribution is -2.71. The first kappa shape index (κ1) is 21.2. The standard InChI is InChI=1S/C24H31N3O2S/c1-5-7-8-11-26-13-17(6-2)18-9-10-20-19(12-18)24(16-30-21(25)27-24)23(14-28-15-23)22(3,4)29-20/h6,8-13H,5,7,14-16H2,1-4H3,(H2,25,27)/b11-8+,17-6+,26-13-. The molecule has 1 fully saturated rings. The molecule has 5 nitrogen and oxygen atoms in total. The van der Waals surface area contributed by atoms with Gasteiger partial charge in [-0.2, -0.15) is 0 Å². The SMILES string of the molecule is C\C=C(/C=N\C=C\CCC)c1ccc2c(c1)C1(CSC(N)=N1)C1(COC1)C(C)(C)O2. The molecule has 3 aliphatic rings. The maximum Gasteiger partial charge on any atom is 0.154 e. The van der Waals surface area contributed by atoms with Gasteiger partial charge in [-0.3, -0.25) is 4.99 Å². The highest BCUT2D eigenvalue weighted by atomic mass is 32.2. The summed E-state index contributed by atoms with van der Waals surface area (Å²) in [7, 11) is 0. The topological polar surface area (TPSA) is 69.2 Å². The minimum absolute atomic E-state index is 0.229. The van der Waals surface area contributed by atoms with Gasteiger partial charge in [0.1, 0.15) is 16.9 Å². The average molecular weight is 426 g/mol. The molecule has 0 aliphatic carbocycles. The third-order valence-corrected chi connectivity index (χ3v) is 7.62. The molecule has 2 spiro atoms. The first-order valence-electron chi connectivity index (χ1n) is 10.6. The number of aliphatic imine (C=N–C) groups is 2. The van der Waals surface area contributed by atoms with Crippen LogP contribution in [0.3, 0.4) is 0 Å². The van der Waals surface area contributed by atoms with Gasteiger partial charge in [-0.05, 0) is 50.5 Å². The van der Waals surface area contributed by atoms with Crippen molar-refractivity contribution >= 4 is 28.7 Å². The van der Waals surface area contributed by atoms with Crippen molar-refractivity contribution in [3.05, 3.63) is 47.7 Å². The molecule has 3 heterocycles. The Morgan fingerprint density at radius 1 is 1.33 bits per heavy atom. The number of thioether (sulfide) groups is 1. The molecule has 160 valence electrons. The van der Waals surface area contributed by atoms with Gasteiger partial charge in [0.05, 0.1) is 18.6 Å². The quantitative estimate of drug-likeness (QED) is 0.680. The molecule has 2 N–H and O–H groups in total. The van der Waals surface area contributed by atoms with Crippen LogP contribution in [0, 0.1) is 5.41 Å². The Bertz CT molecular complexity index is 944. The Labute approximate surface area is 183 Å². The number of hydrogen-bond acceptors (Lipinski definition) is 6. The normalized spacial score (nSPS) is 26.8. The first-order chi connectivity index (χ1) is 14.4. The molecule has 30 heavy (non-hydrogen) atoms. The monoisotopic (exact) mass is 425 g/mol. The van der Waals surface area contributed by atoms with Crippen molar-refractivity contribution in [1.82, 2.24) is 0 Å². The van der Waals surface area contributed by atoms with Gasteiger partial charge in [0.2, 0.25) is 0 Å². The van der Waals surface area contributed by atoms with Crippen molar-refractivity contribution in [1.29, 1.82) is 0 Å². The number of amidine groups is 1. The zero-order valence-electron chi connectivity index (χ0n) is 18.3. The lowest BCUT2D eigenvalue weighted by atomic mass is 9.56. The number of ether oxygens (including phenoxy) is 2. The van der Waals surface area contributed by atoms with Gasteiger partial charge in [0.15, 0.2) is 5.17 Å². The number of rotatable bonds is 5. The summed E-state index contributed by atoms with van der Waals surface area (Å²) in [6.07, 6.45) is 10.1. The van der Waals surface area contributed by atoms with Gasteiger partial charge in [0.25, 0.3) is 0 Å². The van der Waals surface area contributed by atoms with Crippen LogP contribution in [0.25, 0.3) is 5.57 Å². The summed E-state index contributed by atoms with van der Waals surface area (Å²) in [6, 6.07) is 6.38. The van der Waals surface area contributed by atoms with Crippen LogP contribution in [0.15, 0.2) is 46.5 Å². The van der Waals surface area contributed by atoms with Crippen LogP contribution in [-0.2, 0) is 10.3 Å².